The summed E-state index contributed by atoms with van der Waals surface area (Å²) in [7, 11) is -3.31. The van der Waals surface area contributed by atoms with Crippen molar-refractivity contribution in [2.45, 2.75) is 57.7 Å². The first-order valence-electron chi connectivity index (χ1n) is 7.34. The summed E-state index contributed by atoms with van der Waals surface area (Å²) in [5, 5.41) is 3.60. The van der Waals surface area contributed by atoms with Gasteiger partial charge in [-0.1, -0.05) is 18.2 Å². The van der Waals surface area contributed by atoms with Crippen molar-refractivity contribution in [3.8, 4) is 0 Å². The maximum Gasteiger partial charge on any atom is 0.232 e. The molecule has 21 heavy (non-hydrogen) atoms. The minimum Gasteiger partial charge on any atom is -0.307 e. The number of nitrogens with zero attached hydrogens (tertiary/aromatic N) is 1. The van der Waals surface area contributed by atoms with E-state index < -0.39 is 10.0 Å². The highest BCUT2D eigenvalue weighted by atomic mass is 32.2. The third-order valence-corrected chi connectivity index (χ3v) is 5.09. The van der Waals surface area contributed by atoms with Crippen LogP contribution in [-0.4, -0.2) is 31.8 Å². The lowest BCUT2D eigenvalue weighted by atomic mass is 9.79. The van der Waals surface area contributed by atoms with Crippen LogP contribution in [0.2, 0.25) is 0 Å². The number of rotatable bonds is 3. The van der Waals surface area contributed by atoms with Crippen LogP contribution in [0.1, 0.15) is 40.5 Å². The zero-order valence-electron chi connectivity index (χ0n) is 13.6. The van der Waals surface area contributed by atoms with Crippen LogP contribution in [0.25, 0.3) is 0 Å². The molecule has 1 saturated heterocycles. The van der Waals surface area contributed by atoms with Gasteiger partial charge < -0.3 is 5.32 Å². The third kappa shape index (κ3) is 3.98. The van der Waals surface area contributed by atoms with E-state index in [1.807, 2.05) is 30.3 Å². The number of nitrogens with one attached hydrogen (secondary N) is 1. The fourth-order valence-corrected chi connectivity index (χ4v) is 4.88. The fraction of sp³-hybridized carbons (Fsp3) is 0.625. The number of hydrogen-bond acceptors (Lipinski definition) is 3. The monoisotopic (exact) mass is 310 g/mol. The van der Waals surface area contributed by atoms with Gasteiger partial charge in [0.1, 0.15) is 0 Å². The SMILES string of the molecule is CC1(C)CC(N(c2ccccc2)S(C)(=O)=O)CC(C)(C)N1. The molecule has 1 aliphatic heterocycles. The third-order valence-electron chi connectivity index (χ3n) is 3.87. The first-order chi connectivity index (χ1) is 9.50. The molecule has 1 fully saturated rings. The van der Waals surface area contributed by atoms with Gasteiger partial charge in [-0.25, -0.2) is 8.42 Å². The molecule has 0 spiro atoms. The average Bonchev–Trinajstić information content (AvgIpc) is 2.23. The van der Waals surface area contributed by atoms with E-state index in [0.717, 1.165) is 18.5 Å². The molecule has 0 aromatic heterocycles. The van der Waals surface area contributed by atoms with Crippen LogP contribution >= 0.6 is 0 Å². The van der Waals surface area contributed by atoms with Gasteiger partial charge in [0.25, 0.3) is 0 Å². The van der Waals surface area contributed by atoms with Gasteiger partial charge in [0.05, 0.1) is 11.9 Å². The van der Waals surface area contributed by atoms with E-state index in [-0.39, 0.29) is 17.1 Å². The lowest BCUT2D eigenvalue weighted by Gasteiger charge is -2.49. The summed E-state index contributed by atoms with van der Waals surface area (Å²) in [5.41, 5.74) is 0.562. The molecule has 0 saturated carbocycles. The maximum atomic E-state index is 12.4. The Labute approximate surface area is 128 Å². The van der Waals surface area contributed by atoms with Crippen molar-refractivity contribution in [1.29, 1.82) is 0 Å². The van der Waals surface area contributed by atoms with Gasteiger partial charge in [-0.05, 0) is 52.7 Å². The Bertz CT molecular complexity index is 578. The Morgan fingerprint density at radius 2 is 1.52 bits per heavy atom. The molecule has 1 aliphatic rings. The zero-order valence-corrected chi connectivity index (χ0v) is 14.4. The molecule has 1 N–H and O–H groups in total. The lowest BCUT2D eigenvalue weighted by molar-refractivity contribution is 0.165. The van der Waals surface area contributed by atoms with Crippen molar-refractivity contribution in [3.05, 3.63) is 30.3 Å². The first kappa shape index (κ1) is 16.3. The summed E-state index contributed by atoms with van der Waals surface area (Å²) in [6.45, 7) is 8.53. The molecule has 0 amide bonds. The van der Waals surface area contributed by atoms with Crippen LogP contribution in [0, 0.1) is 0 Å². The molecule has 0 bridgehead atoms. The molecule has 1 heterocycles. The summed E-state index contributed by atoms with van der Waals surface area (Å²) in [5.74, 6) is 0. The highest BCUT2D eigenvalue weighted by Gasteiger charge is 2.42. The second-order valence-electron chi connectivity index (χ2n) is 7.35. The average molecular weight is 310 g/mol. The van der Waals surface area contributed by atoms with E-state index in [4.69, 9.17) is 0 Å². The van der Waals surface area contributed by atoms with E-state index in [1.54, 1.807) is 4.31 Å². The number of anilines is 1. The maximum absolute atomic E-state index is 12.4. The van der Waals surface area contributed by atoms with Crippen LogP contribution in [-0.2, 0) is 10.0 Å². The first-order valence-corrected chi connectivity index (χ1v) is 9.19. The summed E-state index contributed by atoms with van der Waals surface area (Å²) in [4.78, 5) is 0. The van der Waals surface area contributed by atoms with E-state index in [1.165, 1.54) is 6.26 Å². The van der Waals surface area contributed by atoms with E-state index in [2.05, 4.69) is 33.0 Å². The molecule has 0 unspecified atom stereocenters. The van der Waals surface area contributed by atoms with Crippen LogP contribution in [0.5, 0.6) is 0 Å². The number of sulfonamides is 1. The van der Waals surface area contributed by atoms with Gasteiger partial charge in [0.2, 0.25) is 10.0 Å². The lowest BCUT2D eigenvalue weighted by Crippen LogP contribution is -2.62. The molecule has 118 valence electrons. The summed E-state index contributed by atoms with van der Waals surface area (Å²) >= 11 is 0. The van der Waals surface area contributed by atoms with E-state index in [0.29, 0.717) is 0 Å². The van der Waals surface area contributed by atoms with Crippen molar-refractivity contribution in [1.82, 2.24) is 5.32 Å². The van der Waals surface area contributed by atoms with Gasteiger partial charge in [0.15, 0.2) is 0 Å². The smallest absolute Gasteiger partial charge is 0.232 e. The van der Waals surface area contributed by atoms with Gasteiger partial charge in [-0.15, -0.1) is 0 Å². The molecule has 0 radical (unpaired) electrons. The molecule has 0 aliphatic carbocycles. The normalized spacial score (nSPS) is 22.0. The van der Waals surface area contributed by atoms with Gasteiger partial charge in [-0.2, -0.15) is 0 Å². The minimum absolute atomic E-state index is 0.0337. The molecule has 2 rings (SSSR count). The van der Waals surface area contributed by atoms with Crippen LogP contribution in [0.15, 0.2) is 30.3 Å². The number of hydrogen-bond donors (Lipinski definition) is 1. The molecule has 5 heteroatoms. The van der Waals surface area contributed by atoms with E-state index in [9.17, 15) is 8.42 Å². The second-order valence-corrected chi connectivity index (χ2v) is 9.21. The zero-order chi connectivity index (χ0) is 15.9. The Morgan fingerprint density at radius 1 is 1.05 bits per heavy atom. The summed E-state index contributed by atoms with van der Waals surface area (Å²) < 4.78 is 26.3. The Kier molecular flexibility index (Phi) is 4.10. The molecule has 1 aromatic carbocycles. The van der Waals surface area contributed by atoms with Gasteiger partial charge >= 0.3 is 0 Å². The number of para-hydroxylation sites is 1. The minimum atomic E-state index is -3.31. The number of benzene rings is 1. The van der Waals surface area contributed by atoms with Crippen LogP contribution in [0.3, 0.4) is 0 Å². The largest absolute Gasteiger partial charge is 0.307 e. The van der Waals surface area contributed by atoms with Crippen molar-refractivity contribution in [2.75, 3.05) is 10.6 Å². The van der Waals surface area contributed by atoms with Gasteiger partial charge in [-0.3, -0.25) is 4.31 Å². The number of piperidine rings is 1. The Balaban J connectivity index is 2.43. The fourth-order valence-electron chi connectivity index (χ4n) is 3.68. The van der Waals surface area contributed by atoms with Crippen LogP contribution in [0.4, 0.5) is 5.69 Å². The van der Waals surface area contributed by atoms with Gasteiger partial charge in [0, 0.05) is 17.1 Å². The predicted octanol–water partition coefficient (Wildman–Crippen LogP) is 2.76. The summed E-state index contributed by atoms with van der Waals surface area (Å²) in [6.07, 6.45) is 2.87. The quantitative estimate of drug-likeness (QED) is 0.934. The highest BCUT2D eigenvalue weighted by molar-refractivity contribution is 7.92. The molecule has 4 nitrogen and oxygen atoms in total. The Morgan fingerprint density at radius 3 is 1.95 bits per heavy atom. The van der Waals surface area contributed by atoms with Crippen LogP contribution < -0.4 is 9.62 Å². The second kappa shape index (κ2) is 5.29. The predicted molar refractivity (Wildman–Crippen MR) is 88.1 cm³/mol. The molecular formula is C16H26N2O2S. The molecular weight excluding hydrogens is 284 g/mol. The van der Waals surface area contributed by atoms with Crippen molar-refractivity contribution < 1.29 is 8.42 Å². The molecule has 1 aromatic rings. The van der Waals surface area contributed by atoms with Crippen molar-refractivity contribution in [2.24, 2.45) is 0 Å². The summed E-state index contributed by atoms with van der Waals surface area (Å²) in [6, 6.07) is 9.36. The van der Waals surface area contributed by atoms with Crippen molar-refractivity contribution >= 4 is 15.7 Å². The standard InChI is InChI=1S/C16H26N2O2S/c1-15(2)11-14(12-16(3,4)17-15)18(21(5,19)20)13-9-7-6-8-10-13/h6-10,14,17H,11-12H2,1-5H3. The highest BCUT2D eigenvalue weighted by Crippen LogP contribution is 2.35. The topological polar surface area (TPSA) is 49.4 Å². The Hall–Kier alpha value is -1.07. The molecule has 0 atom stereocenters. The van der Waals surface area contributed by atoms with Crippen molar-refractivity contribution in [3.63, 3.8) is 0 Å². The van der Waals surface area contributed by atoms with E-state index >= 15 is 0 Å².